The number of hydrogen-bond donors (Lipinski definition) is 0. The molecule has 0 atom stereocenters. The van der Waals surface area contributed by atoms with Gasteiger partial charge in [-0.2, -0.15) is 4.99 Å². The number of carbonyl (C=O) groups excluding carboxylic acids is 1. The summed E-state index contributed by atoms with van der Waals surface area (Å²) in [6.07, 6.45) is 9.15. The molecule has 0 aliphatic heterocycles. The van der Waals surface area contributed by atoms with Crippen LogP contribution in [0.15, 0.2) is 53.5 Å². The van der Waals surface area contributed by atoms with Gasteiger partial charge in [-0.15, -0.1) is 6.42 Å². The van der Waals surface area contributed by atoms with E-state index in [1.807, 2.05) is 34.9 Å². The van der Waals surface area contributed by atoms with E-state index < -0.39 is 0 Å². The highest BCUT2D eigenvalue weighted by Crippen LogP contribution is 2.20. The van der Waals surface area contributed by atoms with Crippen LogP contribution in [0, 0.1) is 12.3 Å². The van der Waals surface area contributed by atoms with Gasteiger partial charge >= 0.3 is 0 Å². The average Bonchev–Trinajstić information content (AvgIpc) is 3.04. The largest absolute Gasteiger partial charge is 0.493 e. The molecule has 0 radical (unpaired) electrons. The fraction of sp³-hybridized carbons (Fsp3) is 0.304. The maximum absolute atomic E-state index is 12.3. The summed E-state index contributed by atoms with van der Waals surface area (Å²) in [7, 11) is 0. The molecule has 2 aromatic carbocycles. The lowest BCUT2D eigenvalue weighted by molar-refractivity contribution is -0.118. The van der Waals surface area contributed by atoms with Crippen molar-refractivity contribution in [3.8, 4) is 18.1 Å². The van der Waals surface area contributed by atoms with Crippen LogP contribution in [-0.4, -0.2) is 17.1 Å². The van der Waals surface area contributed by atoms with E-state index in [9.17, 15) is 4.79 Å². The minimum absolute atomic E-state index is 0.209. The van der Waals surface area contributed by atoms with Crippen molar-refractivity contribution in [3.05, 3.63) is 58.9 Å². The van der Waals surface area contributed by atoms with E-state index in [1.165, 1.54) is 29.7 Å². The summed E-state index contributed by atoms with van der Waals surface area (Å²) in [6, 6.07) is 15.9. The van der Waals surface area contributed by atoms with Gasteiger partial charge in [0.25, 0.3) is 5.91 Å². The van der Waals surface area contributed by atoms with Gasteiger partial charge in [-0.25, -0.2) is 0 Å². The van der Waals surface area contributed by atoms with Crippen LogP contribution in [0.1, 0.15) is 31.7 Å². The molecular formula is C23H24N2O2S. The lowest BCUT2D eigenvalue weighted by atomic mass is 10.1. The molecule has 0 saturated heterocycles. The Bertz CT molecular complexity index is 1040. The fourth-order valence-corrected chi connectivity index (χ4v) is 4.03. The van der Waals surface area contributed by atoms with Gasteiger partial charge < -0.3 is 9.30 Å². The zero-order valence-corrected chi connectivity index (χ0v) is 16.9. The summed E-state index contributed by atoms with van der Waals surface area (Å²) in [6.45, 7) is 2.88. The smallest absolute Gasteiger partial charge is 0.251 e. The molecule has 1 aromatic heterocycles. The number of ether oxygens (including phenoxy) is 1. The molecular weight excluding hydrogens is 368 g/mol. The Morgan fingerprint density at radius 2 is 2.07 bits per heavy atom. The van der Waals surface area contributed by atoms with Crippen LogP contribution in [0.3, 0.4) is 0 Å². The number of terminal acetylenes is 1. The van der Waals surface area contributed by atoms with Gasteiger partial charge in [0.05, 0.1) is 29.8 Å². The molecule has 0 fully saturated rings. The fourth-order valence-electron chi connectivity index (χ4n) is 2.92. The number of aryl methyl sites for hydroxylation is 1. The van der Waals surface area contributed by atoms with Crippen molar-refractivity contribution in [2.24, 2.45) is 4.99 Å². The van der Waals surface area contributed by atoms with Gasteiger partial charge in [-0.3, -0.25) is 4.79 Å². The predicted molar refractivity (Wildman–Crippen MR) is 114 cm³/mol. The summed E-state index contributed by atoms with van der Waals surface area (Å²) < 4.78 is 8.63. The molecule has 0 bridgehead atoms. The number of hydrogen-bond acceptors (Lipinski definition) is 3. The molecule has 0 saturated carbocycles. The Hall–Kier alpha value is -2.84. The van der Waals surface area contributed by atoms with Crippen molar-refractivity contribution >= 4 is 27.5 Å². The first-order chi connectivity index (χ1) is 13.7. The first kappa shape index (κ1) is 19.9. The highest BCUT2D eigenvalue weighted by molar-refractivity contribution is 7.16. The maximum Gasteiger partial charge on any atom is 0.251 e. The molecule has 0 spiro atoms. The molecule has 144 valence electrons. The van der Waals surface area contributed by atoms with Crippen LogP contribution in [0.4, 0.5) is 0 Å². The molecule has 3 aromatic rings. The number of carbonyl (C=O) groups is 1. The Morgan fingerprint density at radius 1 is 1.25 bits per heavy atom. The summed E-state index contributed by atoms with van der Waals surface area (Å²) >= 11 is 1.51. The zero-order valence-electron chi connectivity index (χ0n) is 16.1. The number of thiazole rings is 1. The lowest BCUT2D eigenvalue weighted by Gasteiger charge is -2.03. The van der Waals surface area contributed by atoms with E-state index in [0.29, 0.717) is 18.0 Å². The third-order valence-corrected chi connectivity index (χ3v) is 5.40. The SMILES string of the molecule is C#CCn1c(=NC(=O)CCOc2ccccc2)sc2cc(CCCC)ccc21. The average molecular weight is 393 g/mol. The Labute approximate surface area is 169 Å². The first-order valence-electron chi connectivity index (χ1n) is 9.52. The van der Waals surface area contributed by atoms with E-state index in [0.717, 1.165) is 22.4 Å². The Morgan fingerprint density at radius 3 is 2.82 bits per heavy atom. The third kappa shape index (κ3) is 5.11. The highest BCUT2D eigenvalue weighted by Gasteiger charge is 2.08. The molecule has 28 heavy (non-hydrogen) atoms. The molecule has 0 N–H and O–H groups in total. The molecule has 0 aliphatic rings. The van der Waals surface area contributed by atoms with Crippen LogP contribution in [0.25, 0.3) is 10.2 Å². The topological polar surface area (TPSA) is 43.6 Å². The number of fused-ring (bicyclic) bond motifs is 1. The minimum Gasteiger partial charge on any atom is -0.493 e. The zero-order chi connectivity index (χ0) is 19.8. The van der Waals surface area contributed by atoms with Crippen LogP contribution in [0.2, 0.25) is 0 Å². The predicted octanol–water partition coefficient (Wildman–Crippen LogP) is 4.58. The summed E-state index contributed by atoms with van der Waals surface area (Å²) in [5.74, 6) is 3.20. The van der Waals surface area contributed by atoms with Crippen molar-refractivity contribution in [3.63, 3.8) is 0 Å². The van der Waals surface area contributed by atoms with E-state index in [1.54, 1.807) is 0 Å². The van der Waals surface area contributed by atoms with E-state index in [2.05, 4.69) is 36.0 Å². The molecule has 0 aliphatic carbocycles. The van der Waals surface area contributed by atoms with Crippen molar-refractivity contribution < 1.29 is 9.53 Å². The number of unbranched alkanes of at least 4 members (excludes halogenated alkanes) is 1. The second-order valence-corrected chi connectivity index (χ2v) is 7.51. The monoisotopic (exact) mass is 392 g/mol. The Kier molecular flexibility index (Phi) is 7.05. The standard InChI is InChI=1S/C23H24N2O2S/c1-3-5-9-18-12-13-20-21(17-18)28-23(25(20)15-4-2)24-22(26)14-16-27-19-10-7-6-8-11-19/h2,6-8,10-13,17H,3,5,9,14-16H2,1H3. The van der Waals surface area contributed by atoms with Gasteiger partial charge in [0.2, 0.25) is 0 Å². The first-order valence-corrected chi connectivity index (χ1v) is 10.3. The second-order valence-electron chi connectivity index (χ2n) is 6.50. The summed E-state index contributed by atoms with van der Waals surface area (Å²) in [5, 5.41) is 0. The van der Waals surface area contributed by atoms with Gasteiger partial charge in [-0.1, -0.05) is 54.9 Å². The number of benzene rings is 2. The summed E-state index contributed by atoms with van der Waals surface area (Å²) in [5.41, 5.74) is 2.33. The molecule has 1 amide bonds. The second kappa shape index (κ2) is 9.91. The molecule has 5 heteroatoms. The number of aromatic nitrogens is 1. The molecule has 1 heterocycles. The highest BCUT2D eigenvalue weighted by atomic mass is 32.1. The van der Waals surface area contributed by atoms with Crippen molar-refractivity contribution in [1.29, 1.82) is 0 Å². The Balaban J connectivity index is 1.78. The maximum atomic E-state index is 12.3. The number of para-hydroxylation sites is 1. The molecule has 0 unspecified atom stereocenters. The van der Waals surface area contributed by atoms with Crippen molar-refractivity contribution in [2.45, 2.75) is 39.2 Å². The van der Waals surface area contributed by atoms with Gasteiger partial charge in [0.1, 0.15) is 5.75 Å². The van der Waals surface area contributed by atoms with Gasteiger partial charge in [0, 0.05) is 0 Å². The lowest BCUT2D eigenvalue weighted by Crippen LogP contribution is -2.17. The normalized spacial score (nSPS) is 11.5. The van der Waals surface area contributed by atoms with Crippen LogP contribution in [0.5, 0.6) is 5.75 Å². The number of rotatable bonds is 8. The van der Waals surface area contributed by atoms with E-state index in [4.69, 9.17) is 11.2 Å². The van der Waals surface area contributed by atoms with Crippen LogP contribution in [-0.2, 0) is 17.8 Å². The summed E-state index contributed by atoms with van der Waals surface area (Å²) in [4.78, 5) is 17.3. The quantitative estimate of drug-likeness (QED) is 0.527. The van der Waals surface area contributed by atoms with E-state index in [-0.39, 0.29) is 12.3 Å². The molecule has 3 rings (SSSR count). The van der Waals surface area contributed by atoms with Gasteiger partial charge in [-0.05, 0) is 42.7 Å². The third-order valence-electron chi connectivity index (χ3n) is 4.36. The minimum atomic E-state index is -0.209. The van der Waals surface area contributed by atoms with Crippen molar-refractivity contribution in [1.82, 2.24) is 4.57 Å². The van der Waals surface area contributed by atoms with E-state index >= 15 is 0 Å². The van der Waals surface area contributed by atoms with Crippen LogP contribution >= 0.6 is 11.3 Å². The van der Waals surface area contributed by atoms with Crippen LogP contribution < -0.4 is 9.54 Å². The number of nitrogens with zero attached hydrogens (tertiary/aromatic N) is 2. The van der Waals surface area contributed by atoms with Gasteiger partial charge in [0.15, 0.2) is 4.80 Å². The van der Waals surface area contributed by atoms with Crippen molar-refractivity contribution in [2.75, 3.05) is 6.61 Å². The molecule has 4 nitrogen and oxygen atoms in total. The number of amides is 1.